The topological polar surface area (TPSA) is 57.5 Å². The second-order valence-electron chi connectivity index (χ2n) is 2.52. The number of hydrogen-bond acceptors (Lipinski definition) is 3. The summed E-state index contributed by atoms with van der Waals surface area (Å²) in [5, 5.41) is 17.9. The number of phenols is 2. The number of phenolic OH excluding ortho intramolecular Hbond substituents is 2. The van der Waals surface area contributed by atoms with Crippen molar-refractivity contribution in [3.05, 3.63) is 23.3 Å². The predicted octanol–water partition coefficient (Wildman–Crippen LogP) is 1.93. The number of aldehydes is 1. The van der Waals surface area contributed by atoms with Crippen molar-refractivity contribution >= 4 is 6.29 Å². The Bertz CT molecular complexity index is 371. The van der Waals surface area contributed by atoms with Gasteiger partial charge in [0.05, 0.1) is 5.56 Å². The average Bonchev–Trinajstić information content (AvgIpc) is 2.07. The van der Waals surface area contributed by atoms with Crippen molar-refractivity contribution in [1.82, 2.24) is 0 Å². The van der Waals surface area contributed by atoms with Crippen LogP contribution in [0, 0.1) is 0 Å². The van der Waals surface area contributed by atoms with Crippen molar-refractivity contribution < 1.29 is 28.2 Å². The lowest BCUT2D eigenvalue weighted by Crippen LogP contribution is -2.05. The molecule has 0 aliphatic carbocycles. The highest BCUT2D eigenvalue weighted by molar-refractivity contribution is 5.81. The van der Waals surface area contributed by atoms with Gasteiger partial charge in [-0.15, -0.1) is 0 Å². The molecule has 0 amide bonds. The van der Waals surface area contributed by atoms with Crippen LogP contribution in [0.5, 0.6) is 11.5 Å². The number of rotatable bonds is 1. The van der Waals surface area contributed by atoms with Crippen LogP contribution in [0.15, 0.2) is 12.1 Å². The Hall–Kier alpha value is -1.72. The maximum atomic E-state index is 12.1. The summed E-state index contributed by atoms with van der Waals surface area (Å²) in [6.07, 6.45) is -4.61. The highest BCUT2D eigenvalue weighted by Gasteiger charge is 2.35. The molecular weight excluding hydrogens is 201 g/mol. The second kappa shape index (κ2) is 3.21. The first-order valence-electron chi connectivity index (χ1n) is 3.45. The van der Waals surface area contributed by atoms with Gasteiger partial charge in [0.2, 0.25) is 0 Å². The Labute approximate surface area is 76.4 Å². The normalized spacial score (nSPS) is 11.4. The first-order chi connectivity index (χ1) is 6.38. The predicted molar refractivity (Wildman–Crippen MR) is 40.2 cm³/mol. The number of hydrogen-bond donors (Lipinski definition) is 2. The van der Waals surface area contributed by atoms with Gasteiger partial charge in [-0.05, 0) is 12.1 Å². The van der Waals surface area contributed by atoms with E-state index in [9.17, 15) is 18.0 Å². The Morgan fingerprint density at radius 3 is 2.14 bits per heavy atom. The summed E-state index contributed by atoms with van der Waals surface area (Å²) >= 11 is 0. The molecule has 76 valence electrons. The van der Waals surface area contributed by atoms with Crippen LogP contribution in [-0.4, -0.2) is 16.5 Å². The van der Waals surface area contributed by atoms with Crippen LogP contribution >= 0.6 is 0 Å². The minimum atomic E-state index is -4.76. The third kappa shape index (κ3) is 1.63. The van der Waals surface area contributed by atoms with Crippen LogP contribution in [0.4, 0.5) is 13.2 Å². The van der Waals surface area contributed by atoms with Crippen molar-refractivity contribution in [3.8, 4) is 11.5 Å². The molecule has 0 aliphatic heterocycles. The third-order valence-electron chi connectivity index (χ3n) is 1.61. The molecule has 14 heavy (non-hydrogen) atoms. The summed E-state index contributed by atoms with van der Waals surface area (Å²) in [6, 6.07) is 1.31. The molecule has 2 N–H and O–H groups in total. The van der Waals surface area contributed by atoms with E-state index in [0.717, 1.165) is 6.07 Å². The molecule has 1 rings (SSSR count). The van der Waals surface area contributed by atoms with Crippen LogP contribution in [-0.2, 0) is 6.18 Å². The van der Waals surface area contributed by atoms with Gasteiger partial charge >= 0.3 is 6.18 Å². The first-order valence-corrected chi connectivity index (χ1v) is 3.45. The third-order valence-corrected chi connectivity index (χ3v) is 1.61. The smallest absolute Gasteiger partial charge is 0.420 e. The Balaban J connectivity index is 3.38. The van der Waals surface area contributed by atoms with E-state index in [1.807, 2.05) is 0 Å². The molecule has 0 saturated heterocycles. The number of aromatic hydroxyl groups is 2. The summed E-state index contributed by atoms with van der Waals surface area (Å²) in [5.74, 6) is -2.39. The van der Waals surface area contributed by atoms with Gasteiger partial charge in [-0.1, -0.05) is 0 Å². The number of carbonyl (C=O) groups excluding carboxylic acids is 1. The summed E-state index contributed by atoms with van der Waals surface area (Å²) in [7, 11) is 0. The number of benzene rings is 1. The Morgan fingerprint density at radius 1 is 1.14 bits per heavy atom. The van der Waals surface area contributed by atoms with Gasteiger partial charge in [-0.25, -0.2) is 0 Å². The molecule has 1 aromatic carbocycles. The molecule has 0 bridgehead atoms. The summed E-state index contributed by atoms with van der Waals surface area (Å²) in [4.78, 5) is 10.2. The lowest BCUT2D eigenvalue weighted by molar-refractivity contribution is -0.138. The van der Waals surface area contributed by atoms with Crippen molar-refractivity contribution in [2.24, 2.45) is 0 Å². The Morgan fingerprint density at radius 2 is 1.71 bits per heavy atom. The van der Waals surface area contributed by atoms with Crippen molar-refractivity contribution in [2.45, 2.75) is 6.18 Å². The van der Waals surface area contributed by atoms with Crippen molar-refractivity contribution in [1.29, 1.82) is 0 Å². The summed E-state index contributed by atoms with van der Waals surface area (Å²) < 4.78 is 36.3. The quantitative estimate of drug-likeness (QED) is 0.545. The molecule has 0 fully saturated rings. The van der Waals surface area contributed by atoms with E-state index in [0.29, 0.717) is 6.07 Å². The molecule has 0 aliphatic rings. The molecular formula is C8H5F3O3. The molecule has 0 spiro atoms. The lowest BCUT2D eigenvalue weighted by Gasteiger charge is -2.10. The van der Waals surface area contributed by atoms with E-state index in [-0.39, 0.29) is 6.29 Å². The van der Waals surface area contributed by atoms with Gasteiger partial charge in [0, 0.05) is 0 Å². The molecule has 6 heteroatoms. The molecule has 3 nitrogen and oxygen atoms in total. The van der Waals surface area contributed by atoms with E-state index in [2.05, 4.69) is 0 Å². The minimum absolute atomic E-state index is 0.148. The molecule has 0 heterocycles. The maximum Gasteiger partial charge on any atom is 0.420 e. The van der Waals surface area contributed by atoms with Crippen molar-refractivity contribution in [2.75, 3.05) is 0 Å². The largest absolute Gasteiger partial charge is 0.504 e. The lowest BCUT2D eigenvalue weighted by atomic mass is 10.1. The van der Waals surface area contributed by atoms with Crippen LogP contribution in [0.1, 0.15) is 15.9 Å². The van der Waals surface area contributed by atoms with Crippen LogP contribution < -0.4 is 0 Å². The van der Waals surface area contributed by atoms with Crippen LogP contribution in [0.3, 0.4) is 0 Å². The maximum absolute atomic E-state index is 12.1. The zero-order valence-corrected chi connectivity index (χ0v) is 6.67. The number of halogens is 3. The molecule has 0 unspecified atom stereocenters. The fourth-order valence-electron chi connectivity index (χ4n) is 0.919. The summed E-state index contributed by atoms with van der Waals surface area (Å²) in [6.45, 7) is 0. The molecule has 0 radical (unpaired) electrons. The highest BCUT2D eigenvalue weighted by atomic mass is 19.4. The van der Waals surface area contributed by atoms with Gasteiger partial charge in [-0.2, -0.15) is 13.2 Å². The standard InChI is InChI=1S/C8H5F3O3/c9-8(10,11)5-2-1-4(3-12)6(13)7(5)14/h1-3,13-14H. The molecule has 0 atom stereocenters. The fourth-order valence-corrected chi connectivity index (χ4v) is 0.919. The minimum Gasteiger partial charge on any atom is -0.504 e. The van der Waals surface area contributed by atoms with E-state index < -0.39 is 28.8 Å². The van der Waals surface area contributed by atoms with Gasteiger partial charge < -0.3 is 10.2 Å². The van der Waals surface area contributed by atoms with Crippen LogP contribution in [0.2, 0.25) is 0 Å². The van der Waals surface area contributed by atoms with Gasteiger partial charge in [0.15, 0.2) is 17.8 Å². The number of carbonyl (C=O) groups is 1. The average molecular weight is 206 g/mol. The first kappa shape index (κ1) is 10.4. The Kier molecular flexibility index (Phi) is 2.37. The van der Waals surface area contributed by atoms with E-state index in [4.69, 9.17) is 10.2 Å². The van der Waals surface area contributed by atoms with Gasteiger partial charge in [-0.3, -0.25) is 4.79 Å². The zero-order valence-electron chi connectivity index (χ0n) is 6.67. The van der Waals surface area contributed by atoms with Gasteiger partial charge in [0.1, 0.15) is 5.56 Å². The van der Waals surface area contributed by atoms with Crippen molar-refractivity contribution in [3.63, 3.8) is 0 Å². The monoisotopic (exact) mass is 206 g/mol. The highest BCUT2D eigenvalue weighted by Crippen LogP contribution is 2.41. The van der Waals surface area contributed by atoms with E-state index in [1.54, 1.807) is 0 Å². The van der Waals surface area contributed by atoms with Crippen LogP contribution in [0.25, 0.3) is 0 Å². The molecule has 1 aromatic rings. The second-order valence-corrected chi connectivity index (χ2v) is 2.52. The van der Waals surface area contributed by atoms with Gasteiger partial charge in [0.25, 0.3) is 0 Å². The SMILES string of the molecule is O=Cc1ccc(C(F)(F)F)c(O)c1O. The molecule has 0 saturated carbocycles. The fraction of sp³-hybridized carbons (Fsp3) is 0.125. The van der Waals surface area contributed by atoms with E-state index >= 15 is 0 Å². The molecule has 0 aromatic heterocycles. The van der Waals surface area contributed by atoms with E-state index in [1.165, 1.54) is 0 Å². The zero-order chi connectivity index (χ0) is 10.9. The summed E-state index contributed by atoms with van der Waals surface area (Å²) in [5.41, 5.74) is -1.77. The number of alkyl halides is 3.